The van der Waals surface area contributed by atoms with Crippen molar-refractivity contribution in [2.75, 3.05) is 23.9 Å². The van der Waals surface area contributed by atoms with Crippen molar-refractivity contribution in [3.05, 3.63) is 71.9 Å². The number of hydrogen-bond acceptors (Lipinski definition) is 5. The summed E-state index contributed by atoms with van der Waals surface area (Å²) in [4.78, 5) is 32.1. The standard InChI is InChI=1S/C22H19N3O3S/c1-3-28-16-9-6-14(7-10-16)20(26)24-15-8-11-18-19(13-15)29-21-17(5-4-12-23-21)22(27)25(18)2/h4-13H,3H2,1-2H3,(H,24,26). The van der Waals surface area contributed by atoms with Gasteiger partial charge in [-0.25, -0.2) is 4.98 Å². The molecule has 0 saturated carbocycles. The Bertz CT molecular complexity index is 1080. The largest absolute Gasteiger partial charge is 0.494 e. The lowest BCUT2D eigenvalue weighted by Gasteiger charge is -2.18. The van der Waals surface area contributed by atoms with Crippen LogP contribution in [0.3, 0.4) is 0 Å². The van der Waals surface area contributed by atoms with E-state index in [1.807, 2.05) is 19.1 Å². The van der Waals surface area contributed by atoms with Crippen molar-refractivity contribution >= 4 is 35.0 Å². The molecule has 0 saturated heterocycles. The lowest BCUT2D eigenvalue weighted by molar-refractivity contribution is 0.0987. The van der Waals surface area contributed by atoms with Crippen LogP contribution < -0.4 is 15.0 Å². The van der Waals surface area contributed by atoms with Crippen LogP contribution in [-0.2, 0) is 0 Å². The van der Waals surface area contributed by atoms with Crippen molar-refractivity contribution < 1.29 is 14.3 Å². The minimum Gasteiger partial charge on any atom is -0.494 e. The molecule has 0 atom stereocenters. The summed E-state index contributed by atoms with van der Waals surface area (Å²) in [6.45, 7) is 2.49. The Kier molecular flexibility index (Phi) is 5.22. The molecule has 0 spiro atoms. The van der Waals surface area contributed by atoms with E-state index in [-0.39, 0.29) is 11.8 Å². The molecule has 2 aromatic carbocycles. The van der Waals surface area contributed by atoms with Crippen molar-refractivity contribution in [3.8, 4) is 5.75 Å². The van der Waals surface area contributed by atoms with E-state index in [2.05, 4.69) is 10.3 Å². The van der Waals surface area contributed by atoms with Gasteiger partial charge in [0.15, 0.2) is 0 Å². The summed E-state index contributed by atoms with van der Waals surface area (Å²) in [7, 11) is 1.74. The van der Waals surface area contributed by atoms with Crippen LogP contribution in [0.4, 0.5) is 11.4 Å². The molecule has 146 valence electrons. The molecule has 6 nitrogen and oxygen atoms in total. The van der Waals surface area contributed by atoms with Crippen molar-refractivity contribution in [1.82, 2.24) is 4.98 Å². The lowest BCUT2D eigenvalue weighted by atomic mass is 10.2. The van der Waals surface area contributed by atoms with Crippen LogP contribution >= 0.6 is 11.8 Å². The molecule has 4 rings (SSSR count). The predicted octanol–water partition coefficient (Wildman–Crippen LogP) is 4.47. The minimum absolute atomic E-state index is 0.106. The number of nitrogens with one attached hydrogen (secondary N) is 1. The number of benzene rings is 2. The molecule has 0 fully saturated rings. The smallest absolute Gasteiger partial charge is 0.260 e. The van der Waals surface area contributed by atoms with Gasteiger partial charge in [-0.1, -0.05) is 11.8 Å². The summed E-state index contributed by atoms with van der Waals surface area (Å²) in [6.07, 6.45) is 1.67. The normalized spacial score (nSPS) is 12.6. The highest BCUT2D eigenvalue weighted by Crippen LogP contribution is 2.41. The SMILES string of the molecule is CCOc1ccc(C(=O)Nc2ccc3c(c2)Sc2ncccc2C(=O)N3C)cc1. The molecule has 1 aliphatic heterocycles. The average Bonchev–Trinajstić information content (AvgIpc) is 2.83. The molecule has 2 amide bonds. The first-order valence-corrected chi connectivity index (χ1v) is 9.97. The summed E-state index contributed by atoms with van der Waals surface area (Å²) >= 11 is 1.41. The van der Waals surface area contributed by atoms with Crippen molar-refractivity contribution in [2.24, 2.45) is 0 Å². The van der Waals surface area contributed by atoms with Crippen molar-refractivity contribution in [2.45, 2.75) is 16.8 Å². The summed E-state index contributed by atoms with van der Waals surface area (Å²) in [6, 6.07) is 16.0. The average molecular weight is 405 g/mol. The number of aromatic nitrogens is 1. The van der Waals surface area contributed by atoms with Gasteiger partial charge in [0.05, 0.1) is 17.9 Å². The number of carbonyl (C=O) groups excluding carboxylic acids is 2. The Morgan fingerprint density at radius 1 is 1.17 bits per heavy atom. The fourth-order valence-electron chi connectivity index (χ4n) is 3.05. The Balaban J connectivity index is 1.59. The number of carbonyl (C=O) groups is 2. The third kappa shape index (κ3) is 3.82. The first-order valence-electron chi connectivity index (χ1n) is 9.16. The van der Waals surface area contributed by atoms with Gasteiger partial charge in [0, 0.05) is 29.4 Å². The van der Waals surface area contributed by atoms with E-state index in [9.17, 15) is 9.59 Å². The summed E-state index contributed by atoms with van der Waals surface area (Å²) in [5, 5.41) is 3.56. The van der Waals surface area contributed by atoms with Crippen LogP contribution in [0.25, 0.3) is 0 Å². The molecule has 1 N–H and O–H groups in total. The van der Waals surface area contributed by atoms with E-state index in [0.29, 0.717) is 28.4 Å². The zero-order valence-electron chi connectivity index (χ0n) is 16.0. The van der Waals surface area contributed by atoms with Gasteiger partial charge >= 0.3 is 0 Å². The number of rotatable bonds is 4. The Morgan fingerprint density at radius 3 is 2.72 bits per heavy atom. The van der Waals surface area contributed by atoms with Gasteiger partial charge in [0.1, 0.15) is 10.8 Å². The van der Waals surface area contributed by atoms with Gasteiger partial charge in [-0.2, -0.15) is 0 Å². The number of ether oxygens (including phenoxy) is 1. The Hall–Kier alpha value is -3.32. The number of fused-ring (bicyclic) bond motifs is 2. The van der Waals surface area contributed by atoms with Gasteiger partial charge in [-0.05, 0) is 61.5 Å². The van der Waals surface area contributed by atoms with E-state index in [0.717, 1.165) is 16.3 Å². The van der Waals surface area contributed by atoms with Crippen LogP contribution in [-0.4, -0.2) is 30.5 Å². The third-order valence-electron chi connectivity index (χ3n) is 4.52. The van der Waals surface area contributed by atoms with Crippen LogP contribution in [0.15, 0.2) is 70.7 Å². The van der Waals surface area contributed by atoms with E-state index in [1.54, 1.807) is 60.6 Å². The molecule has 0 bridgehead atoms. The molecule has 0 unspecified atom stereocenters. The second kappa shape index (κ2) is 7.97. The second-order valence-corrected chi connectivity index (χ2v) is 7.45. The maximum absolute atomic E-state index is 12.7. The highest BCUT2D eigenvalue weighted by Gasteiger charge is 2.25. The summed E-state index contributed by atoms with van der Waals surface area (Å²) in [5.74, 6) is 0.407. The van der Waals surface area contributed by atoms with Gasteiger partial charge < -0.3 is 15.0 Å². The highest BCUT2D eigenvalue weighted by molar-refractivity contribution is 7.99. The molecule has 29 heavy (non-hydrogen) atoms. The van der Waals surface area contributed by atoms with Gasteiger partial charge in [-0.15, -0.1) is 0 Å². The molecular formula is C22H19N3O3S. The first-order chi connectivity index (χ1) is 14.1. The fraction of sp³-hybridized carbons (Fsp3) is 0.136. The first kappa shape index (κ1) is 19.0. The predicted molar refractivity (Wildman–Crippen MR) is 113 cm³/mol. The Morgan fingerprint density at radius 2 is 1.97 bits per heavy atom. The molecule has 3 aromatic rings. The zero-order chi connectivity index (χ0) is 20.4. The van der Waals surface area contributed by atoms with Crippen molar-refractivity contribution in [1.29, 1.82) is 0 Å². The van der Waals surface area contributed by atoms with Gasteiger partial charge in [-0.3, -0.25) is 9.59 Å². The van der Waals surface area contributed by atoms with Crippen LogP contribution in [0.5, 0.6) is 5.75 Å². The molecule has 2 heterocycles. The summed E-state index contributed by atoms with van der Waals surface area (Å²) in [5.41, 5.74) is 2.53. The minimum atomic E-state index is -0.213. The number of anilines is 2. The molecule has 7 heteroatoms. The number of hydrogen-bond donors (Lipinski definition) is 1. The third-order valence-corrected chi connectivity index (χ3v) is 5.58. The Labute approximate surface area is 172 Å². The number of pyridine rings is 1. The van der Waals surface area contributed by atoms with Crippen LogP contribution in [0, 0.1) is 0 Å². The molecule has 0 radical (unpaired) electrons. The van der Waals surface area contributed by atoms with Gasteiger partial charge in [0.25, 0.3) is 11.8 Å². The van der Waals surface area contributed by atoms with E-state index >= 15 is 0 Å². The molecular weight excluding hydrogens is 386 g/mol. The lowest BCUT2D eigenvalue weighted by Crippen LogP contribution is -2.26. The topological polar surface area (TPSA) is 71.5 Å². The molecule has 1 aromatic heterocycles. The number of amides is 2. The highest BCUT2D eigenvalue weighted by atomic mass is 32.2. The molecule has 0 aliphatic carbocycles. The van der Waals surface area contributed by atoms with Crippen LogP contribution in [0.2, 0.25) is 0 Å². The monoisotopic (exact) mass is 405 g/mol. The van der Waals surface area contributed by atoms with Crippen LogP contribution in [0.1, 0.15) is 27.6 Å². The summed E-state index contributed by atoms with van der Waals surface area (Å²) < 4.78 is 5.41. The van der Waals surface area contributed by atoms with E-state index in [4.69, 9.17) is 4.74 Å². The second-order valence-electron chi connectivity index (χ2n) is 6.42. The van der Waals surface area contributed by atoms with Gasteiger partial charge in [0.2, 0.25) is 0 Å². The number of nitrogens with zero attached hydrogens (tertiary/aromatic N) is 2. The maximum Gasteiger partial charge on any atom is 0.260 e. The van der Waals surface area contributed by atoms with Crippen molar-refractivity contribution in [3.63, 3.8) is 0 Å². The van der Waals surface area contributed by atoms with E-state index < -0.39 is 0 Å². The maximum atomic E-state index is 12.7. The van der Waals surface area contributed by atoms with E-state index in [1.165, 1.54) is 11.8 Å². The quantitative estimate of drug-likeness (QED) is 0.693. The molecule has 1 aliphatic rings. The fourth-order valence-corrected chi connectivity index (χ4v) is 4.13. The zero-order valence-corrected chi connectivity index (χ0v) is 16.8.